The van der Waals surface area contributed by atoms with Gasteiger partial charge in [-0.3, -0.25) is 4.79 Å². The molecule has 6 aliphatic rings. The first kappa shape index (κ1) is 10.5. The van der Waals surface area contributed by atoms with Crippen molar-refractivity contribution < 1.29 is 19.1 Å². The minimum absolute atomic E-state index is 0.0366. The maximum Gasteiger partial charge on any atom is 0.333 e. The largest absolute Gasteiger partial charge is 0.469 e. The molecule has 0 amide bonds. The van der Waals surface area contributed by atoms with Gasteiger partial charge in [-0.25, -0.2) is 4.79 Å². The molecule has 8 unspecified atom stereocenters. The van der Waals surface area contributed by atoms with Crippen LogP contribution in [-0.4, -0.2) is 26.2 Å². The molecule has 6 rings (SSSR count). The lowest BCUT2D eigenvalue weighted by molar-refractivity contribution is -0.150. The van der Waals surface area contributed by atoms with Gasteiger partial charge in [0.2, 0.25) is 0 Å². The zero-order valence-corrected chi connectivity index (χ0v) is 11.0. The van der Waals surface area contributed by atoms with Crippen LogP contribution >= 0.6 is 0 Å². The smallest absolute Gasteiger partial charge is 0.333 e. The minimum Gasteiger partial charge on any atom is -0.469 e. The highest BCUT2D eigenvalue weighted by Gasteiger charge is 2.92. The predicted octanol–water partition coefficient (Wildman–Crippen LogP) is 1.02. The van der Waals surface area contributed by atoms with Gasteiger partial charge in [-0.1, -0.05) is 6.08 Å². The molecule has 0 saturated heterocycles. The van der Waals surface area contributed by atoms with Gasteiger partial charge in [0.15, 0.2) is 0 Å². The van der Waals surface area contributed by atoms with Crippen molar-refractivity contribution in [2.24, 2.45) is 46.8 Å². The molecule has 5 fully saturated rings. The molecule has 6 bridgehead atoms. The topological polar surface area (TPSA) is 52.6 Å². The standard InChI is InChI=1S/C15H16O4/c1-18-13(16)7-4-8-9-5-3-6(5)11-12(10(7)9)15(8,11)14(17)19-2/h4-6,8-12H,3H2,1-2H3. The molecule has 0 aromatic heterocycles. The zero-order valence-electron chi connectivity index (χ0n) is 11.0. The summed E-state index contributed by atoms with van der Waals surface area (Å²) in [6.45, 7) is 0. The summed E-state index contributed by atoms with van der Waals surface area (Å²) in [5.74, 6) is 3.09. The van der Waals surface area contributed by atoms with Gasteiger partial charge in [0.25, 0.3) is 0 Å². The molecule has 4 nitrogen and oxygen atoms in total. The maximum absolute atomic E-state index is 12.3. The van der Waals surface area contributed by atoms with Crippen molar-refractivity contribution in [2.75, 3.05) is 14.2 Å². The number of carbonyl (C=O) groups excluding carboxylic acids is 2. The molecular formula is C15H16O4. The van der Waals surface area contributed by atoms with E-state index in [2.05, 4.69) is 0 Å². The Labute approximate surface area is 111 Å². The molecule has 0 aromatic carbocycles. The van der Waals surface area contributed by atoms with E-state index in [0.29, 0.717) is 17.8 Å². The molecule has 19 heavy (non-hydrogen) atoms. The summed E-state index contributed by atoms with van der Waals surface area (Å²) in [6, 6.07) is 0. The van der Waals surface area contributed by atoms with E-state index in [1.54, 1.807) is 0 Å². The third-order valence-electron chi connectivity index (χ3n) is 6.67. The third-order valence-corrected chi connectivity index (χ3v) is 6.67. The Morgan fingerprint density at radius 2 is 2.00 bits per heavy atom. The van der Waals surface area contributed by atoms with Crippen LogP contribution in [-0.2, 0) is 19.1 Å². The second-order valence-corrected chi connectivity index (χ2v) is 6.78. The molecule has 8 atom stereocenters. The quantitative estimate of drug-likeness (QED) is 0.695. The fourth-order valence-electron chi connectivity index (χ4n) is 6.32. The van der Waals surface area contributed by atoms with Crippen LogP contribution in [0.3, 0.4) is 0 Å². The van der Waals surface area contributed by atoms with Crippen molar-refractivity contribution in [2.45, 2.75) is 6.42 Å². The lowest BCUT2D eigenvalue weighted by Crippen LogP contribution is -2.34. The number of carbonyl (C=O) groups is 2. The second kappa shape index (κ2) is 2.74. The van der Waals surface area contributed by atoms with Crippen molar-refractivity contribution in [3.8, 4) is 0 Å². The van der Waals surface area contributed by atoms with Crippen molar-refractivity contribution in [1.29, 1.82) is 0 Å². The molecule has 0 radical (unpaired) electrons. The Hall–Kier alpha value is -1.32. The van der Waals surface area contributed by atoms with Gasteiger partial charge in [-0.2, -0.15) is 0 Å². The van der Waals surface area contributed by atoms with Crippen molar-refractivity contribution in [3.05, 3.63) is 11.6 Å². The number of hydrogen-bond acceptors (Lipinski definition) is 4. The van der Waals surface area contributed by atoms with E-state index in [4.69, 9.17) is 9.47 Å². The first-order valence-corrected chi connectivity index (χ1v) is 7.06. The summed E-state index contributed by atoms with van der Waals surface area (Å²) < 4.78 is 10.00. The van der Waals surface area contributed by atoms with Crippen LogP contribution in [0.25, 0.3) is 0 Å². The van der Waals surface area contributed by atoms with Crippen molar-refractivity contribution >= 4 is 11.9 Å². The van der Waals surface area contributed by atoms with E-state index in [9.17, 15) is 9.59 Å². The molecule has 4 heteroatoms. The van der Waals surface area contributed by atoms with Crippen LogP contribution in [0.1, 0.15) is 6.42 Å². The lowest BCUT2D eigenvalue weighted by atomic mass is 9.72. The SMILES string of the molecule is COC(=O)C1=CC2C3C4CC4C4C(C13)C24C(=O)OC. The van der Waals surface area contributed by atoms with Crippen LogP contribution in [0.4, 0.5) is 0 Å². The summed E-state index contributed by atoms with van der Waals surface area (Å²) >= 11 is 0. The van der Waals surface area contributed by atoms with Crippen molar-refractivity contribution in [3.63, 3.8) is 0 Å². The molecule has 0 aromatic rings. The van der Waals surface area contributed by atoms with Gasteiger partial charge < -0.3 is 9.47 Å². The van der Waals surface area contributed by atoms with Gasteiger partial charge >= 0.3 is 11.9 Å². The summed E-state index contributed by atoms with van der Waals surface area (Å²) in [5, 5.41) is 0. The molecule has 0 N–H and O–H groups in total. The van der Waals surface area contributed by atoms with Gasteiger partial charge in [0.05, 0.1) is 19.6 Å². The van der Waals surface area contributed by atoms with Crippen LogP contribution in [0, 0.1) is 46.8 Å². The zero-order chi connectivity index (χ0) is 13.1. The predicted molar refractivity (Wildman–Crippen MR) is 63.6 cm³/mol. The Balaban J connectivity index is 1.63. The molecular weight excluding hydrogens is 244 g/mol. The minimum atomic E-state index is -0.265. The van der Waals surface area contributed by atoms with Crippen LogP contribution in [0.2, 0.25) is 0 Å². The highest BCUT2D eigenvalue weighted by atomic mass is 16.5. The lowest BCUT2D eigenvalue weighted by Gasteiger charge is -2.31. The Bertz CT molecular complexity index is 564. The van der Waals surface area contributed by atoms with E-state index in [-0.39, 0.29) is 29.2 Å². The average molecular weight is 260 g/mol. The first-order chi connectivity index (χ1) is 9.17. The fourth-order valence-corrected chi connectivity index (χ4v) is 6.32. The number of esters is 2. The third kappa shape index (κ3) is 0.808. The summed E-state index contributed by atoms with van der Waals surface area (Å²) in [5.41, 5.74) is 0.578. The van der Waals surface area contributed by atoms with Gasteiger partial charge in [0.1, 0.15) is 0 Å². The van der Waals surface area contributed by atoms with Crippen LogP contribution in [0.15, 0.2) is 11.6 Å². The molecule has 6 aliphatic carbocycles. The highest BCUT2D eigenvalue weighted by molar-refractivity contribution is 5.94. The van der Waals surface area contributed by atoms with E-state index in [0.717, 1.165) is 17.4 Å². The normalized spacial score (nSPS) is 57.2. The monoisotopic (exact) mass is 260 g/mol. The number of hydrogen-bond donors (Lipinski definition) is 0. The van der Waals surface area contributed by atoms with Gasteiger partial charge in [0, 0.05) is 5.57 Å². The highest BCUT2D eigenvalue weighted by Crippen LogP contribution is 2.91. The molecule has 0 heterocycles. The van der Waals surface area contributed by atoms with E-state index < -0.39 is 0 Å². The Kier molecular flexibility index (Phi) is 1.51. The van der Waals surface area contributed by atoms with E-state index >= 15 is 0 Å². The molecule has 5 saturated carbocycles. The van der Waals surface area contributed by atoms with Gasteiger partial charge in [-0.05, 0) is 47.8 Å². The molecule has 0 spiro atoms. The summed E-state index contributed by atoms with van der Waals surface area (Å²) in [7, 11) is 2.93. The number of ether oxygens (including phenoxy) is 2. The number of rotatable bonds is 2. The molecule has 100 valence electrons. The summed E-state index contributed by atoms with van der Waals surface area (Å²) in [6.07, 6.45) is 3.29. The Morgan fingerprint density at radius 3 is 2.68 bits per heavy atom. The van der Waals surface area contributed by atoms with Gasteiger partial charge in [-0.15, -0.1) is 0 Å². The van der Waals surface area contributed by atoms with Crippen LogP contribution in [0.5, 0.6) is 0 Å². The van der Waals surface area contributed by atoms with E-state index in [1.165, 1.54) is 20.6 Å². The Morgan fingerprint density at radius 1 is 1.21 bits per heavy atom. The number of allylic oxidation sites excluding steroid dienone is 1. The van der Waals surface area contributed by atoms with Crippen molar-refractivity contribution in [1.82, 2.24) is 0 Å². The molecule has 0 aliphatic heterocycles. The van der Waals surface area contributed by atoms with Crippen LogP contribution < -0.4 is 0 Å². The second-order valence-electron chi connectivity index (χ2n) is 6.78. The number of methoxy groups -OCH3 is 2. The maximum atomic E-state index is 12.3. The first-order valence-electron chi connectivity index (χ1n) is 7.06. The average Bonchev–Trinajstić information content (AvgIpc) is 3.31. The van der Waals surface area contributed by atoms with E-state index in [1.807, 2.05) is 6.08 Å². The fraction of sp³-hybridized carbons (Fsp3) is 0.733. The summed E-state index contributed by atoms with van der Waals surface area (Å²) in [4.78, 5) is 24.2.